The van der Waals surface area contributed by atoms with Gasteiger partial charge in [-0.05, 0) is 42.9 Å². The third kappa shape index (κ3) is 4.36. The molecular weight excluding hydrogens is 440 g/mol. The van der Waals surface area contributed by atoms with Gasteiger partial charge in [0.25, 0.3) is 0 Å². The molecule has 0 radical (unpaired) electrons. The second kappa shape index (κ2) is 8.08. The van der Waals surface area contributed by atoms with Gasteiger partial charge >= 0.3 is 0 Å². The highest BCUT2D eigenvalue weighted by Gasteiger charge is 2.46. The van der Waals surface area contributed by atoms with Crippen molar-refractivity contribution in [3.63, 3.8) is 0 Å². The number of rotatable bonds is 7. The Bertz CT molecular complexity index is 1350. The number of hydrogen-bond donors (Lipinski definition) is 2. The van der Waals surface area contributed by atoms with Crippen LogP contribution in [0.5, 0.6) is 0 Å². The van der Waals surface area contributed by atoms with Crippen LogP contribution >= 0.6 is 11.6 Å². The van der Waals surface area contributed by atoms with Crippen molar-refractivity contribution < 1.29 is 4.79 Å². The molecule has 1 amide bonds. The van der Waals surface area contributed by atoms with Crippen LogP contribution in [0.4, 0.5) is 11.6 Å². The minimum atomic E-state index is -0.187. The predicted octanol–water partition coefficient (Wildman–Crippen LogP) is 3.80. The third-order valence-electron chi connectivity index (χ3n) is 6.04. The molecule has 9 nitrogen and oxygen atoms in total. The quantitative estimate of drug-likeness (QED) is 0.403. The Hall–Kier alpha value is -3.59. The number of fused-ring (bicyclic) bond motifs is 1. The lowest BCUT2D eigenvalue weighted by Crippen LogP contribution is -2.16. The van der Waals surface area contributed by atoms with Gasteiger partial charge < -0.3 is 15.0 Å². The van der Waals surface area contributed by atoms with E-state index >= 15 is 0 Å². The number of anilines is 2. The Labute approximate surface area is 194 Å². The molecule has 2 saturated carbocycles. The zero-order valence-corrected chi connectivity index (χ0v) is 18.4. The van der Waals surface area contributed by atoms with E-state index in [-0.39, 0.29) is 17.7 Å². The number of carbonyl (C=O) groups excluding carboxylic acids is 1. The first-order valence-corrected chi connectivity index (χ1v) is 11.3. The summed E-state index contributed by atoms with van der Waals surface area (Å²) in [6, 6.07) is 7.57. The number of nitrogens with one attached hydrogen (secondary N) is 2. The minimum Gasteiger partial charge on any atom is -0.364 e. The highest BCUT2D eigenvalue weighted by Crippen LogP contribution is 2.46. The first kappa shape index (κ1) is 20.0. The minimum absolute atomic E-state index is 0.0152. The molecule has 166 valence electrons. The number of amides is 1. The van der Waals surface area contributed by atoms with Gasteiger partial charge in [-0.25, -0.2) is 24.9 Å². The van der Waals surface area contributed by atoms with Crippen LogP contribution in [-0.4, -0.2) is 35.2 Å². The van der Waals surface area contributed by atoms with Crippen molar-refractivity contribution in [3.05, 3.63) is 71.4 Å². The van der Waals surface area contributed by atoms with Crippen LogP contribution in [0, 0.1) is 5.92 Å². The molecular formula is C23H21ClN8O. The lowest BCUT2D eigenvalue weighted by molar-refractivity contribution is -0.117. The van der Waals surface area contributed by atoms with E-state index in [9.17, 15) is 4.79 Å². The third-order valence-corrected chi connectivity index (χ3v) is 6.25. The van der Waals surface area contributed by atoms with E-state index in [0.717, 1.165) is 11.3 Å². The van der Waals surface area contributed by atoms with Crippen molar-refractivity contribution in [1.82, 2.24) is 29.3 Å². The zero-order chi connectivity index (χ0) is 22.4. The van der Waals surface area contributed by atoms with E-state index in [1.807, 2.05) is 6.20 Å². The standard InChI is InChI=1S/C23H21ClN8O/c24-18-5-6-25-22(30-18)16-7-17(16)23(33)31-20-8-19(27-12-28-20)26-9-15-11-32-10-14(13-1-2-13)3-4-21(32)29-15/h3-6,8,10-13,16-17H,1-2,7,9H2,(H2,26,27,28,31,33). The van der Waals surface area contributed by atoms with Gasteiger partial charge in [-0.1, -0.05) is 17.7 Å². The van der Waals surface area contributed by atoms with Crippen LogP contribution in [0.2, 0.25) is 5.15 Å². The monoisotopic (exact) mass is 460 g/mol. The fraction of sp³-hybridized carbons (Fsp3) is 0.304. The molecule has 4 heterocycles. The summed E-state index contributed by atoms with van der Waals surface area (Å²) in [5.41, 5.74) is 3.21. The van der Waals surface area contributed by atoms with E-state index in [2.05, 4.69) is 58.3 Å². The fourth-order valence-electron chi connectivity index (χ4n) is 4.03. The average molecular weight is 461 g/mol. The molecule has 2 N–H and O–H groups in total. The predicted molar refractivity (Wildman–Crippen MR) is 123 cm³/mol. The first-order valence-electron chi connectivity index (χ1n) is 10.9. The number of carbonyl (C=O) groups is 1. The van der Waals surface area contributed by atoms with Crippen LogP contribution in [0.25, 0.3) is 5.65 Å². The molecule has 2 fully saturated rings. The summed E-state index contributed by atoms with van der Waals surface area (Å²) in [4.78, 5) is 34.1. The van der Waals surface area contributed by atoms with Crippen LogP contribution in [-0.2, 0) is 11.3 Å². The topological polar surface area (TPSA) is 110 Å². The zero-order valence-electron chi connectivity index (χ0n) is 17.6. The normalized spacial score (nSPS) is 19.4. The number of halogens is 1. The van der Waals surface area contributed by atoms with E-state index in [1.54, 1.807) is 18.3 Å². The molecule has 4 aromatic heterocycles. The molecule has 10 heteroatoms. The summed E-state index contributed by atoms with van der Waals surface area (Å²) in [5.74, 6) is 2.05. The smallest absolute Gasteiger partial charge is 0.229 e. The Balaban J connectivity index is 1.08. The highest BCUT2D eigenvalue weighted by molar-refractivity contribution is 6.29. The lowest BCUT2D eigenvalue weighted by Gasteiger charge is -2.07. The van der Waals surface area contributed by atoms with E-state index in [0.29, 0.717) is 41.5 Å². The summed E-state index contributed by atoms with van der Waals surface area (Å²) in [5, 5.41) is 6.50. The molecule has 33 heavy (non-hydrogen) atoms. The molecule has 2 aliphatic carbocycles. The van der Waals surface area contributed by atoms with Gasteiger partial charge in [0.15, 0.2) is 0 Å². The maximum atomic E-state index is 12.6. The van der Waals surface area contributed by atoms with Crippen LogP contribution < -0.4 is 10.6 Å². The Morgan fingerprint density at radius 3 is 2.82 bits per heavy atom. The van der Waals surface area contributed by atoms with Crippen molar-refractivity contribution in [3.8, 4) is 0 Å². The molecule has 0 spiro atoms. The highest BCUT2D eigenvalue weighted by atomic mass is 35.5. The van der Waals surface area contributed by atoms with Crippen molar-refractivity contribution in [2.75, 3.05) is 10.6 Å². The average Bonchev–Trinajstić information content (AvgIpc) is 3.74. The molecule has 0 bridgehead atoms. The van der Waals surface area contributed by atoms with Crippen molar-refractivity contribution in [2.45, 2.75) is 37.6 Å². The summed E-state index contributed by atoms with van der Waals surface area (Å²) in [6.07, 6.45) is 10.5. The van der Waals surface area contributed by atoms with Crippen LogP contribution in [0.15, 0.2) is 49.2 Å². The summed E-state index contributed by atoms with van der Waals surface area (Å²) in [7, 11) is 0. The number of pyridine rings is 1. The van der Waals surface area contributed by atoms with Gasteiger partial charge in [-0.3, -0.25) is 4.79 Å². The SMILES string of the molecule is O=C(Nc1cc(NCc2cn3cc(C4CC4)ccc3n2)ncn1)C1CC1c1nccc(Cl)n1. The van der Waals surface area contributed by atoms with Crippen LogP contribution in [0.3, 0.4) is 0 Å². The summed E-state index contributed by atoms with van der Waals surface area (Å²) >= 11 is 5.93. The van der Waals surface area contributed by atoms with E-state index < -0.39 is 0 Å². The molecule has 2 unspecified atom stereocenters. The Morgan fingerprint density at radius 1 is 1.09 bits per heavy atom. The maximum absolute atomic E-state index is 12.6. The molecule has 6 rings (SSSR count). The number of aromatic nitrogens is 6. The van der Waals surface area contributed by atoms with Gasteiger partial charge in [0.1, 0.15) is 34.6 Å². The second-order valence-corrected chi connectivity index (χ2v) is 8.94. The van der Waals surface area contributed by atoms with Gasteiger partial charge in [0.05, 0.1) is 12.2 Å². The van der Waals surface area contributed by atoms with Gasteiger partial charge in [0, 0.05) is 36.5 Å². The summed E-state index contributed by atoms with van der Waals surface area (Å²) in [6.45, 7) is 0.516. The Morgan fingerprint density at radius 2 is 1.97 bits per heavy atom. The molecule has 2 aliphatic rings. The molecule has 0 aliphatic heterocycles. The molecule has 0 saturated heterocycles. The largest absolute Gasteiger partial charge is 0.364 e. The number of imidazole rings is 1. The van der Waals surface area contributed by atoms with Gasteiger partial charge in [-0.2, -0.15) is 0 Å². The van der Waals surface area contributed by atoms with Crippen molar-refractivity contribution in [1.29, 1.82) is 0 Å². The molecule has 4 aromatic rings. The van der Waals surface area contributed by atoms with Gasteiger partial charge in [-0.15, -0.1) is 0 Å². The van der Waals surface area contributed by atoms with E-state index in [1.165, 1.54) is 24.7 Å². The van der Waals surface area contributed by atoms with Crippen molar-refractivity contribution >= 4 is 34.8 Å². The fourth-order valence-corrected chi connectivity index (χ4v) is 4.17. The maximum Gasteiger partial charge on any atom is 0.229 e. The molecule has 0 aromatic carbocycles. The van der Waals surface area contributed by atoms with Crippen molar-refractivity contribution in [2.24, 2.45) is 5.92 Å². The van der Waals surface area contributed by atoms with E-state index in [4.69, 9.17) is 11.6 Å². The lowest BCUT2D eigenvalue weighted by atomic mass is 10.2. The Kier molecular flexibility index (Phi) is 4.91. The van der Waals surface area contributed by atoms with Gasteiger partial charge in [0.2, 0.25) is 5.91 Å². The summed E-state index contributed by atoms with van der Waals surface area (Å²) < 4.78 is 2.08. The molecule has 2 atom stereocenters. The number of hydrogen-bond acceptors (Lipinski definition) is 7. The number of nitrogens with zero attached hydrogens (tertiary/aromatic N) is 6. The second-order valence-electron chi connectivity index (χ2n) is 8.55. The first-order chi connectivity index (χ1) is 16.1. The van der Waals surface area contributed by atoms with Crippen LogP contribution in [0.1, 0.15) is 48.2 Å².